The zero-order chi connectivity index (χ0) is 31.5. The molecule has 0 aliphatic heterocycles. The third-order valence-electron chi connectivity index (χ3n) is 6.54. The monoisotopic (exact) mass is 639 g/mol. The molecule has 0 aromatic heterocycles. The summed E-state index contributed by atoms with van der Waals surface area (Å²) in [5.74, 6) is -1.19. The number of nitrogens with zero attached hydrogens (tertiary/aromatic N) is 1. The summed E-state index contributed by atoms with van der Waals surface area (Å²) in [5.41, 5.74) is 1.77. The van der Waals surface area contributed by atoms with Crippen LogP contribution < -0.4 is 14.8 Å². The maximum atomic E-state index is 13.7. The van der Waals surface area contributed by atoms with Gasteiger partial charge < -0.3 is 20.1 Å². The Morgan fingerprint density at radius 1 is 0.886 bits per heavy atom. The molecule has 0 aliphatic carbocycles. The van der Waals surface area contributed by atoms with Crippen molar-refractivity contribution in [1.29, 1.82) is 0 Å². The van der Waals surface area contributed by atoms with Gasteiger partial charge in [-0.2, -0.15) is 0 Å². The van der Waals surface area contributed by atoms with E-state index >= 15 is 0 Å². The molecule has 0 saturated carbocycles. The molecule has 0 saturated heterocycles. The van der Waals surface area contributed by atoms with Crippen molar-refractivity contribution in [1.82, 2.24) is 10.2 Å². The number of ether oxygens (including phenoxy) is 1. The third kappa shape index (κ3) is 9.27. The van der Waals surface area contributed by atoms with Gasteiger partial charge in [0.1, 0.15) is 17.6 Å². The van der Waals surface area contributed by atoms with Crippen LogP contribution in [0.4, 0.5) is 10.1 Å². The van der Waals surface area contributed by atoms with Crippen LogP contribution in [0.15, 0.2) is 108 Å². The third-order valence-corrected chi connectivity index (χ3v) is 8.19. The number of aliphatic hydroxyl groups is 1. The van der Waals surface area contributed by atoms with Crippen molar-refractivity contribution in [3.8, 4) is 5.75 Å². The quantitative estimate of drug-likeness (QED) is 0.188. The fourth-order valence-electron chi connectivity index (χ4n) is 4.31. The molecule has 9 nitrogen and oxygen atoms in total. The highest BCUT2D eigenvalue weighted by Crippen LogP contribution is 2.21. The molecule has 1 atom stereocenters. The van der Waals surface area contributed by atoms with Gasteiger partial charge in [0.2, 0.25) is 5.91 Å². The lowest BCUT2D eigenvalue weighted by atomic mass is 10.0. The molecular weight excluding hydrogens is 609 g/mol. The molecule has 0 bridgehead atoms. The number of rotatable bonds is 14. The first-order chi connectivity index (χ1) is 21.1. The smallest absolute Gasteiger partial charge is 0.261 e. The Kier molecular flexibility index (Phi) is 11.3. The van der Waals surface area contributed by atoms with Crippen LogP contribution in [0.25, 0.3) is 0 Å². The van der Waals surface area contributed by atoms with Crippen molar-refractivity contribution in [3.63, 3.8) is 0 Å². The number of nitrogens with one attached hydrogen (secondary N) is 2. The van der Waals surface area contributed by atoms with Gasteiger partial charge >= 0.3 is 0 Å². The lowest BCUT2D eigenvalue weighted by molar-refractivity contribution is -0.142. The lowest BCUT2D eigenvalue weighted by Gasteiger charge is -2.31. The molecule has 0 fully saturated rings. The summed E-state index contributed by atoms with van der Waals surface area (Å²) >= 11 is 6.05. The van der Waals surface area contributed by atoms with Gasteiger partial charge in [-0.25, -0.2) is 12.8 Å². The van der Waals surface area contributed by atoms with E-state index in [1.54, 1.807) is 24.3 Å². The molecule has 0 aliphatic rings. The minimum atomic E-state index is -3.96. The van der Waals surface area contributed by atoms with E-state index in [0.29, 0.717) is 5.02 Å². The van der Waals surface area contributed by atoms with Crippen LogP contribution in [-0.4, -0.2) is 56.0 Å². The van der Waals surface area contributed by atoms with E-state index in [1.165, 1.54) is 41.3 Å². The largest absolute Gasteiger partial charge is 0.484 e. The summed E-state index contributed by atoms with van der Waals surface area (Å²) in [6.45, 7) is -0.597. The van der Waals surface area contributed by atoms with Gasteiger partial charge in [-0.15, -0.1) is 0 Å². The van der Waals surface area contributed by atoms with E-state index in [4.69, 9.17) is 16.3 Å². The standard InChI is InChI=1S/C32H31ClFN3O6S/c33-25-8-6-24(7-9-25)21-37(30(32(40)35-18-19-38)20-23-4-2-1-3-5-23)31(39)22-43-28-14-16-29(17-15-28)44(41,42)36-27-12-10-26(34)11-13-27/h1-17,30,36,38H,18-22H2,(H,35,40)/t30-/m0/s1. The SMILES string of the molecule is O=C(NCCO)[C@H](Cc1ccccc1)N(Cc1ccc(Cl)cc1)C(=O)COc1ccc(S(=O)(=O)Nc2ccc(F)cc2)cc1. The van der Waals surface area contributed by atoms with Crippen molar-refractivity contribution in [2.24, 2.45) is 0 Å². The summed E-state index contributed by atoms with van der Waals surface area (Å²) in [7, 11) is -3.96. The van der Waals surface area contributed by atoms with Gasteiger partial charge in [0.15, 0.2) is 6.61 Å². The number of hydrogen-bond donors (Lipinski definition) is 3. The first-order valence-corrected chi connectivity index (χ1v) is 15.5. The molecule has 44 heavy (non-hydrogen) atoms. The number of sulfonamides is 1. The summed E-state index contributed by atoms with van der Waals surface area (Å²) < 4.78 is 46.8. The van der Waals surface area contributed by atoms with E-state index in [-0.39, 0.29) is 42.4 Å². The molecule has 0 spiro atoms. The van der Waals surface area contributed by atoms with E-state index in [0.717, 1.165) is 23.3 Å². The van der Waals surface area contributed by atoms with Crippen molar-refractivity contribution < 1.29 is 32.2 Å². The molecule has 0 unspecified atom stereocenters. The van der Waals surface area contributed by atoms with Gasteiger partial charge in [0.25, 0.3) is 15.9 Å². The van der Waals surface area contributed by atoms with E-state index in [9.17, 15) is 27.5 Å². The van der Waals surface area contributed by atoms with Crippen LogP contribution in [0.1, 0.15) is 11.1 Å². The summed E-state index contributed by atoms with van der Waals surface area (Å²) in [4.78, 5) is 28.3. The average Bonchev–Trinajstić information content (AvgIpc) is 3.03. The average molecular weight is 640 g/mol. The Morgan fingerprint density at radius 3 is 2.18 bits per heavy atom. The second kappa shape index (κ2) is 15.3. The minimum absolute atomic E-state index is 0.0227. The van der Waals surface area contributed by atoms with E-state index in [1.807, 2.05) is 30.3 Å². The number of amides is 2. The fraction of sp³-hybridized carbons (Fsp3) is 0.188. The number of carbonyl (C=O) groups excluding carboxylic acids is 2. The Balaban J connectivity index is 1.52. The Morgan fingerprint density at radius 2 is 1.55 bits per heavy atom. The Labute approximate surface area is 260 Å². The maximum Gasteiger partial charge on any atom is 0.261 e. The van der Waals surface area contributed by atoms with Crippen molar-refractivity contribution in [3.05, 3.63) is 125 Å². The zero-order valence-electron chi connectivity index (χ0n) is 23.5. The van der Waals surface area contributed by atoms with Crippen LogP contribution in [-0.2, 0) is 32.6 Å². The number of halogens is 2. The molecular formula is C32H31ClFN3O6S. The molecule has 12 heteroatoms. The molecule has 4 rings (SSSR count). The van der Waals surface area contributed by atoms with Crippen LogP contribution in [0, 0.1) is 5.82 Å². The van der Waals surface area contributed by atoms with Gasteiger partial charge in [-0.05, 0) is 71.8 Å². The van der Waals surface area contributed by atoms with Crippen molar-refractivity contribution in [2.75, 3.05) is 24.5 Å². The summed E-state index contributed by atoms with van der Waals surface area (Å²) in [6, 6.07) is 25.6. The predicted octanol–water partition coefficient (Wildman–Crippen LogP) is 4.41. The Bertz CT molecular complexity index is 1640. The molecule has 4 aromatic rings. The first-order valence-electron chi connectivity index (χ1n) is 13.6. The number of aliphatic hydroxyl groups excluding tert-OH is 1. The molecule has 4 aromatic carbocycles. The molecule has 3 N–H and O–H groups in total. The topological polar surface area (TPSA) is 125 Å². The fourth-order valence-corrected chi connectivity index (χ4v) is 5.50. The lowest BCUT2D eigenvalue weighted by Crippen LogP contribution is -2.52. The van der Waals surface area contributed by atoms with Crippen LogP contribution >= 0.6 is 11.6 Å². The van der Waals surface area contributed by atoms with Gasteiger partial charge in [-0.1, -0.05) is 54.1 Å². The maximum absolute atomic E-state index is 13.7. The number of carbonyl (C=O) groups is 2. The van der Waals surface area contributed by atoms with Gasteiger partial charge in [0.05, 0.1) is 11.5 Å². The van der Waals surface area contributed by atoms with Crippen LogP contribution in [0.2, 0.25) is 5.02 Å². The second-order valence-corrected chi connectivity index (χ2v) is 11.9. The zero-order valence-corrected chi connectivity index (χ0v) is 25.1. The number of benzene rings is 4. The minimum Gasteiger partial charge on any atom is -0.484 e. The summed E-state index contributed by atoms with van der Waals surface area (Å²) in [6.07, 6.45) is 0.213. The normalized spacial score (nSPS) is 11.8. The van der Waals surface area contributed by atoms with Crippen LogP contribution in [0.5, 0.6) is 5.75 Å². The number of hydrogen-bond acceptors (Lipinski definition) is 6. The molecule has 2 amide bonds. The highest BCUT2D eigenvalue weighted by Gasteiger charge is 2.30. The van der Waals surface area contributed by atoms with Gasteiger partial charge in [-0.3, -0.25) is 14.3 Å². The second-order valence-electron chi connectivity index (χ2n) is 9.74. The van der Waals surface area contributed by atoms with Crippen molar-refractivity contribution in [2.45, 2.75) is 23.9 Å². The van der Waals surface area contributed by atoms with E-state index in [2.05, 4.69) is 10.0 Å². The number of anilines is 1. The van der Waals surface area contributed by atoms with Crippen LogP contribution in [0.3, 0.4) is 0 Å². The van der Waals surface area contributed by atoms with Crippen molar-refractivity contribution >= 4 is 39.1 Å². The predicted molar refractivity (Wildman–Crippen MR) is 165 cm³/mol. The molecule has 230 valence electrons. The first kappa shape index (κ1) is 32.5. The van der Waals surface area contributed by atoms with E-state index < -0.39 is 40.3 Å². The highest BCUT2D eigenvalue weighted by atomic mass is 35.5. The van der Waals surface area contributed by atoms with Gasteiger partial charge in [0, 0.05) is 30.2 Å². The Hall–Kier alpha value is -4.45. The summed E-state index contributed by atoms with van der Waals surface area (Å²) in [5, 5.41) is 12.5. The highest BCUT2D eigenvalue weighted by molar-refractivity contribution is 7.92. The molecule has 0 radical (unpaired) electrons. The molecule has 0 heterocycles.